The minimum atomic E-state index is -4.93. The van der Waals surface area contributed by atoms with Crippen LogP contribution < -0.4 is 0 Å². The van der Waals surface area contributed by atoms with Crippen molar-refractivity contribution < 1.29 is 22.5 Å². The molecule has 0 aliphatic carbocycles. The Labute approximate surface area is 122 Å². The second-order valence-corrected chi connectivity index (χ2v) is 4.88. The van der Waals surface area contributed by atoms with Crippen LogP contribution >= 0.6 is 11.6 Å². The molecule has 21 heavy (non-hydrogen) atoms. The van der Waals surface area contributed by atoms with E-state index < -0.39 is 17.9 Å². The summed E-state index contributed by atoms with van der Waals surface area (Å²) in [5.74, 6) is -3.60. The van der Waals surface area contributed by atoms with Gasteiger partial charge in [0.25, 0.3) is 0 Å². The maximum Gasteiger partial charge on any atom is 0.450 e. The smallest absolute Gasteiger partial charge is 0.339 e. The van der Waals surface area contributed by atoms with Gasteiger partial charge >= 0.3 is 6.18 Å². The number of hydrogen-bond acceptors (Lipinski definition) is 4. The lowest BCUT2D eigenvalue weighted by Crippen LogP contribution is -2.27. The molecule has 2 rings (SSSR count). The number of aromatic nitrogens is 2. The Balaban J connectivity index is 2.13. The van der Waals surface area contributed by atoms with Crippen LogP contribution in [0.5, 0.6) is 0 Å². The summed E-state index contributed by atoms with van der Waals surface area (Å²) in [6.07, 6.45) is -4.68. The van der Waals surface area contributed by atoms with Crippen LogP contribution in [0.25, 0.3) is 0 Å². The number of alkyl halides is 3. The molecule has 1 unspecified atom stereocenters. The third kappa shape index (κ3) is 3.81. The van der Waals surface area contributed by atoms with Crippen LogP contribution in [0.4, 0.5) is 13.2 Å². The number of ketones is 1. The van der Waals surface area contributed by atoms with Crippen molar-refractivity contribution in [2.75, 3.05) is 0 Å². The molecule has 1 aromatic heterocycles. The van der Waals surface area contributed by atoms with Crippen LogP contribution in [0.2, 0.25) is 5.02 Å². The van der Waals surface area contributed by atoms with E-state index in [-0.39, 0.29) is 18.1 Å². The molecule has 0 aliphatic rings. The minimum Gasteiger partial charge on any atom is -0.339 e. The lowest BCUT2D eigenvalue weighted by Gasteiger charge is -2.08. The van der Waals surface area contributed by atoms with Crippen LogP contribution in [0.15, 0.2) is 28.8 Å². The van der Waals surface area contributed by atoms with Gasteiger partial charge in [-0.2, -0.15) is 18.2 Å². The largest absolute Gasteiger partial charge is 0.450 e. The molecule has 0 fully saturated rings. The molecule has 8 heteroatoms. The van der Waals surface area contributed by atoms with Gasteiger partial charge in [-0.05, 0) is 24.6 Å². The molecular formula is C13H10ClF3N2O2. The molecule has 0 N–H and O–H groups in total. The van der Waals surface area contributed by atoms with E-state index in [4.69, 9.17) is 16.1 Å². The molecule has 112 valence electrons. The number of carbonyl (C=O) groups is 1. The van der Waals surface area contributed by atoms with Crippen LogP contribution in [-0.2, 0) is 11.2 Å². The summed E-state index contributed by atoms with van der Waals surface area (Å²) in [5.41, 5.74) is 0.782. The van der Waals surface area contributed by atoms with Gasteiger partial charge in [0.1, 0.15) is 5.92 Å². The molecular weight excluding hydrogens is 309 g/mol. The van der Waals surface area contributed by atoms with Gasteiger partial charge in [0.2, 0.25) is 11.7 Å². The molecule has 0 bridgehead atoms. The fourth-order valence-corrected chi connectivity index (χ4v) is 1.92. The Morgan fingerprint density at radius 1 is 1.43 bits per heavy atom. The van der Waals surface area contributed by atoms with Crippen LogP contribution in [0, 0.1) is 0 Å². The molecule has 0 saturated carbocycles. The van der Waals surface area contributed by atoms with Gasteiger partial charge < -0.3 is 4.52 Å². The second-order valence-electron chi connectivity index (χ2n) is 4.44. The number of Topliss-reactive ketones (excluding diaryl/α,β-unsaturated/α-hetero) is 1. The summed E-state index contributed by atoms with van der Waals surface area (Å²) in [6.45, 7) is 1.08. The highest BCUT2D eigenvalue weighted by molar-refractivity contribution is 6.30. The van der Waals surface area contributed by atoms with Gasteiger partial charge in [-0.1, -0.05) is 28.9 Å². The van der Waals surface area contributed by atoms with Gasteiger partial charge in [-0.15, -0.1) is 0 Å². The van der Waals surface area contributed by atoms with E-state index in [1.54, 1.807) is 24.3 Å². The molecule has 0 aliphatic heterocycles. The van der Waals surface area contributed by atoms with E-state index in [9.17, 15) is 18.0 Å². The summed E-state index contributed by atoms with van der Waals surface area (Å²) in [6, 6.07) is 6.87. The average molecular weight is 319 g/mol. The first kappa shape index (κ1) is 15.5. The number of halogens is 4. The lowest BCUT2D eigenvalue weighted by molar-refractivity contribution is -0.172. The normalized spacial score (nSPS) is 13.2. The summed E-state index contributed by atoms with van der Waals surface area (Å²) in [4.78, 5) is 14.9. The molecule has 0 saturated heterocycles. The molecule has 1 atom stereocenters. The number of hydrogen-bond donors (Lipinski definition) is 0. The first-order chi connectivity index (χ1) is 9.77. The van der Waals surface area contributed by atoms with Crippen molar-refractivity contribution in [1.29, 1.82) is 0 Å². The Morgan fingerprint density at radius 2 is 2.14 bits per heavy atom. The second kappa shape index (κ2) is 5.85. The third-order valence-electron chi connectivity index (χ3n) is 2.78. The molecule has 0 amide bonds. The fraction of sp³-hybridized carbons (Fsp3) is 0.308. The SMILES string of the molecule is CC(C(=O)C(F)(F)F)c1nc(Cc2cccc(Cl)c2)no1. The Kier molecular flexibility index (Phi) is 4.32. The van der Waals surface area contributed by atoms with Gasteiger partial charge in [-0.3, -0.25) is 4.79 Å². The van der Waals surface area contributed by atoms with Crippen molar-refractivity contribution in [1.82, 2.24) is 10.1 Å². The number of nitrogens with zero attached hydrogens (tertiary/aromatic N) is 2. The topological polar surface area (TPSA) is 56.0 Å². The first-order valence-corrected chi connectivity index (χ1v) is 6.33. The van der Waals surface area contributed by atoms with Gasteiger partial charge in [0, 0.05) is 11.4 Å². The maximum absolute atomic E-state index is 12.3. The molecule has 0 spiro atoms. The molecule has 4 nitrogen and oxygen atoms in total. The van der Waals surface area contributed by atoms with Crippen molar-refractivity contribution in [3.05, 3.63) is 46.6 Å². The monoisotopic (exact) mass is 318 g/mol. The van der Waals surface area contributed by atoms with Crippen molar-refractivity contribution in [2.24, 2.45) is 0 Å². The Morgan fingerprint density at radius 3 is 2.76 bits per heavy atom. The van der Waals surface area contributed by atoms with Crippen molar-refractivity contribution in [3.8, 4) is 0 Å². The summed E-state index contributed by atoms with van der Waals surface area (Å²) < 4.78 is 41.7. The van der Waals surface area contributed by atoms with E-state index in [0.29, 0.717) is 5.02 Å². The van der Waals surface area contributed by atoms with Crippen molar-refractivity contribution >= 4 is 17.4 Å². The molecule has 0 radical (unpaired) electrons. The van der Waals surface area contributed by atoms with E-state index in [1.807, 2.05) is 0 Å². The van der Waals surface area contributed by atoms with E-state index in [1.165, 1.54) is 0 Å². The lowest BCUT2D eigenvalue weighted by atomic mass is 10.1. The fourth-order valence-electron chi connectivity index (χ4n) is 1.70. The number of rotatable bonds is 4. The van der Waals surface area contributed by atoms with Crippen LogP contribution in [0.3, 0.4) is 0 Å². The predicted molar refractivity (Wildman–Crippen MR) is 68.0 cm³/mol. The summed E-state index contributed by atoms with van der Waals surface area (Å²) >= 11 is 5.82. The van der Waals surface area contributed by atoms with Gasteiger partial charge in [0.05, 0.1) is 0 Å². The Hall–Kier alpha value is -1.89. The minimum absolute atomic E-state index is 0.189. The third-order valence-corrected chi connectivity index (χ3v) is 3.01. The quantitative estimate of drug-likeness (QED) is 0.865. The molecule has 2 aromatic rings. The zero-order valence-corrected chi connectivity index (χ0v) is 11.6. The first-order valence-electron chi connectivity index (χ1n) is 5.95. The van der Waals surface area contributed by atoms with Crippen LogP contribution in [0.1, 0.15) is 30.1 Å². The summed E-state index contributed by atoms with van der Waals surface area (Å²) in [5, 5.41) is 4.10. The van der Waals surface area contributed by atoms with Crippen LogP contribution in [-0.4, -0.2) is 22.1 Å². The van der Waals surface area contributed by atoms with E-state index in [2.05, 4.69) is 10.1 Å². The summed E-state index contributed by atoms with van der Waals surface area (Å²) in [7, 11) is 0. The zero-order chi connectivity index (χ0) is 15.6. The predicted octanol–water partition coefficient (Wildman–Crippen LogP) is 3.55. The standard InChI is InChI=1S/C13H10ClF3N2O2/c1-7(11(20)13(15,16)17)12-18-10(19-21-12)6-8-3-2-4-9(14)5-8/h2-5,7H,6H2,1H3. The average Bonchev–Trinajstić information content (AvgIpc) is 2.84. The number of benzene rings is 1. The van der Waals surface area contributed by atoms with Gasteiger partial charge in [-0.25, -0.2) is 0 Å². The molecule has 1 heterocycles. The van der Waals surface area contributed by atoms with E-state index in [0.717, 1.165) is 12.5 Å². The Bertz CT molecular complexity index is 655. The molecule has 1 aromatic carbocycles. The highest BCUT2D eigenvalue weighted by Crippen LogP contribution is 2.26. The van der Waals surface area contributed by atoms with Gasteiger partial charge in [0.15, 0.2) is 5.82 Å². The maximum atomic E-state index is 12.3. The highest BCUT2D eigenvalue weighted by atomic mass is 35.5. The van der Waals surface area contributed by atoms with Crippen molar-refractivity contribution in [2.45, 2.75) is 25.4 Å². The highest BCUT2D eigenvalue weighted by Gasteiger charge is 2.43. The van der Waals surface area contributed by atoms with Crippen molar-refractivity contribution in [3.63, 3.8) is 0 Å². The zero-order valence-electron chi connectivity index (χ0n) is 10.8. The number of carbonyl (C=O) groups excluding carboxylic acids is 1. The van der Waals surface area contributed by atoms with E-state index >= 15 is 0 Å².